The van der Waals surface area contributed by atoms with E-state index in [9.17, 15) is 4.79 Å². The van der Waals surface area contributed by atoms with E-state index in [1.165, 1.54) is 32.1 Å². The number of fused-ring (bicyclic) bond motifs is 1. The first kappa shape index (κ1) is 9.04. The third-order valence-electron chi connectivity index (χ3n) is 3.89. The van der Waals surface area contributed by atoms with Crippen molar-refractivity contribution in [2.75, 3.05) is 0 Å². The molecule has 2 saturated carbocycles. The normalized spacial score (nSPS) is 39.5. The number of carboxylic acid groups (broad SMARTS) is 1. The van der Waals surface area contributed by atoms with Gasteiger partial charge in [0.1, 0.15) is 0 Å². The van der Waals surface area contributed by atoms with Crippen LogP contribution in [-0.4, -0.2) is 11.1 Å². The van der Waals surface area contributed by atoms with Crippen molar-refractivity contribution in [1.82, 2.24) is 0 Å². The van der Waals surface area contributed by atoms with Crippen molar-refractivity contribution in [2.45, 2.75) is 44.9 Å². The first-order valence-corrected chi connectivity index (χ1v) is 5.52. The molecular formula is C11H18O2. The molecule has 2 fully saturated rings. The summed E-state index contributed by atoms with van der Waals surface area (Å²) < 4.78 is 0. The van der Waals surface area contributed by atoms with Gasteiger partial charge in [0.2, 0.25) is 0 Å². The lowest BCUT2D eigenvalue weighted by Gasteiger charge is -2.39. The number of hydrogen-bond donors (Lipinski definition) is 1. The molecule has 0 aromatic heterocycles. The minimum Gasteiger partial charge on any atom is -0.481 e. The Kier molecular flexibility index (Phi) is 2.56. The molecule has 2 nitrogen and oxygen atoms in total. The van der Waals surface area contributed by atoms with Crippen LogP contribution in [0.25, 0.3) is 0 Å². The summed E-state index contributed by atoms with van der Waals surface area (Å²) in [4.78, 5) is 11.0. The van der Waals surface area contributed by atoms with E-state index < -0.39 is 5.97 Å². The van der Waals surface area contributed by atoms with Gasteiger partial charge in [0.05, 0.1) is 5.92 Å². The van der Waals surface area contributed by atoms with Gasteiger partial charge in [-0.1, -0.05) is 32.1 Å². The summed E-state index contributed by atoms with van der Waals surface area (Å²) in [6.45, 7) is 0. The first-order valence-electron chi connectivity index (χ1n) is 5.52. The summed E-state index contributed by atoms with van der Waals surface area (Å²) in [7, 11) is 0. The third-order valence-corrected chi connectivity index (χ3v) is 3.89. The molecule has 2 heteroatoms. The second-order valence-electron chi connectivity index (χ2n) is 4.58. The third kappa shape index (κ3) is 1.72. The van der Waals surface area contributed by atoms with Crippen LogP contribution in [0.2, 0.25) is 0 Å². The number of aliphatic carboxylic acids is 1. The average molecular weight is 182 g/mol. The lowest BCUT2D eigenvalue weighted by Crippen LogP contribution is -2.35. The quantitative estimate of drug-likeness (QED) is 0.677. The molecule has 0 radical (unpaired) electrons. The Balaban J connectivity index is 2.06. The minimum absolute atomic E-state index is 0.0148. The van der Waals surface area contributed by atoms with Crippen LogP contribution < -0.4 is 0 Å². The van der Waals surface area contributed by atoms with Crippen LogP contribution in [0.5, 0.6) is 0 Å². The van der Waals surface area contributed by atoms with Crippen molar-refractivity contribution in [3.05, 3.63) is 0 Å². The smallest absolute Gasteiger partial charge is 0.306 e. The lowest BCUT2D eigenvalue weighted by molar-refractivity contribution is -0.146. The van der Waals surface area contributed by atoms with Crippen LogP contribution in [0.4, 0.5) is 0 Å². The topological polar surface area (TPSA) is 37.3 Å². The molecule has 0 aromatic rings. The molecule has 2 aliphatic rings. The zero-order valence-corrected chi connectivity index (χ0v) is 8.04. The molecule has 13 heavy (non-hydrogen) atoms. The molecule has 0 saturated heterocycles. The molecule has 2 rings (SSSR count). The lowest BCUT2D eigenvalue weighted by atomic mass is 9.65. The Morgan fingerprint density at radius 2 is 1.69 bits per heavy atom. The standard InChI is InChI=1S/C11H18O2/c12-11(13)10-7-3-5-8-4-1-2-6-9(8)10/h8-10H,1-7H2,(H,12,13)/t8-,9+,10?/m0/s1. The van der Waals surface area contributed by atoms with Crippen molar-refractivity contribution in [1.29, 1.82) is 0 Å². The maximum Gasteiger partial charge on any atom is 0.306 e. The zero-order valence-electron chi connectivity index (χ0n) is 8.04. The molecule has 0 aliphatic heterocycles. The molecule has 2 aliphatic carbocycles. The Morgan fingerprint density at radius 1 is 1.00 bits per heavy atom. The fourth-order valence-electron chi connectivity index (χ4n) is 3.25. The van der Waals surface area contributed by atoms with Gasteiger partial charge in [0.25, 0.3) is 0 Å². The van der Waals surface area contributed by atoms with Gasteiger partial charge in [-0.05, 0) is 24.7 Å². The SMILES string of the molecule is O=C(O)C1CCC[C@@H]2CCCC[C@@H]12. The summed E-state index contributed by atoms with van der Waals surface area (Å²) in [5, 5.41) is 9.08. The molecule has 0 aromatic carbocycles. The molecular weight excluding hydrogens is 164 g/mol. The summed E-state index contributed by atoms with van der Waals surface area (Å²) in [5.41, 5.74) is 0. The van der Waals surface area contributed by atoms with E-state index in [4.69, 9.17) is 5.11 Å². The van der Waals surface area contributed by atoms with Gasteiger partial charge in [-0.15, -0.1) is 0 Å². The molecule has 0 heterocycles. The van der Waals surface area contributed by atoms with Gasteiger partial charge in [0, 0.05) is 0 Å². The maximum absolute atomic E-state index is 11.0. The predicted octanol–water partition coefficient (Wildman–Crippen LogP) is 2.68. The molecule has 1 unspecified atom stereocenters. The largest absolute Gasteiger partial charge is 0.481 e. The second kappa shape index (κ2) is 3.69. The van der Waals surface area contributed by atoms with E-state index in [1.54, 1.807) is 0 Å². The molecule has 0 amide bonds. The fourth-order valence-corrected chi connectivity index (χ4v) is 3.25. The van der Waals surface area contributed by atoms with Crippen molar-refractivity contribution < 1.29 is 9.90 Å². The highest BCUT2D eigenvalue weighted by atomic mass is 16.4. The Hall–Kier alpha value is -0.530. The van der Waals surface area contributed by atoms with E-state index in [1.807, 2.05) is 0 Å². The molecule has 1 N–H and O–H groups in total. The maximum atomic E-state index is 11.0. The van der Waals surface area contributed by atoms with Crippen molar-refractivity contribution in [2.24, 2.45) is 17.8 Å². The fraction of sp³-hybridized carbons (Fsp3) is 0.909. The number of hydrogen-bond acceptors (Lipinski definition) is 1. The monoisotopic (exact) mass is 182 g/mol. The molecule has 0 bridgehead atoms. The molecule has 0 spiro atoms. The van der Waals surface area contributed by atoms with E-state index in [0.29, 0.717) is 5.92 Å². The van der Waals surface area contributed by atoms with E-state index >= 15 is 0 Å². The van der Waals surface area contributed by atoms with Crippen LogP contribution in [0.15, 0.2) is 0 Å². The zero-order chi connectivity index (χ0) is 9.26. The van der Waals surface area contributed by atoms with Crippen molar-refractivity contribution in [3.8, 4) is 0 Å². The van der Waals surface area contributed by atoms with Gasteiger partial charge in [-0.2, -0.15) is 0 Å². The van der Waals surface area contributed by atoms with Gasteiger partial charge >= 0.3 is 5.97 Å². The summed E-state index contributed by atoms with van der Waals surface area (Å²) in [6, 6.07) is 0. The number of rotatable bonds is 1. The van der Waals surface area contributed by atoms with Crippen molar-refractivity contribution >= 4 is 5.97 Å². The second-order valence-corrected chi connectivity index (χ2v) is 4.58. The average Bonchev–Trinajstić information content (AvgIpc) is 2.17. The molecule has 74 valence electrons. The summed E-state index contributed by atoms with van der Waals surface area (Å²) >= 11 is 0. The van der Waals surface area contributed by atoms with E-state index in [0.717, 1.165) is 18.8 Å². The number of carboxylic acids is 1. The first-order chi connectivity index (χ1) is 6.29. The van der Waals surface area contributed by atoms with Crippen LogP contribution in [0.1, 0.15) is 44.9 Å². The Morgan fingerprint density at radius 3 is 2.46 bits per heavy atom. The summed E-state index contributed by atoms with van der Waals surface area (Å²) in [5.74, 6) is 0.694. The van der Waals surface area contributed by atoms with E-state index in [2.05, 4.69) is 0 Å². The Labute approximate surface area is 79.3 Å². The van der Waals surface area contributed by atoms with Crippen LogP contribution in [-0.2, 0) is 4.79 Å². The highest BCUT2D eigenvalue weighted by Crippen LogP contribution is 2.43. The number of carbonyl (C=O) groups is 1. The minimum atomic E-state index is -0.545. The van der Waals surface area contributed by atoms with Gasteiger partial charge in [-0.25, -0.2) is 0 Å². The van der Waals surface area contributed by atoms with Gasteiger partial charge in [-0.3, -0.25) is 4.79 Å². The van der Waals surface area contributed by atoms with Gasteiger partial charge in [0.15, 0.2) is 0 Å². The Bertz CT molecular complexity index is 198. The highest BCUT2D eigenvalue weighted by Gasteiger charge is 2.38. The molecule has 3 atom stereocenters. The van der Waals surface area contributed by atoms with Crippen LogP contribution in [0.3, 0.4) is 0 Å². The van der Waals surface area contributed by atoms with Gasteiger partial charge < -0.3 is 5.11 Å². The van der Waals surface area contributed by atoms with E-state index in [-0.39, 0.29) is 5.92 Å². The predicted molar refractivity (Wildman–Crippen MR) is 50.4 cm³/mol. The van der Waals surface area contributed by atoms with Crippen LogP contribution >= 0.6 is 0 Å². The highest BCUT2D eigenvalue weighted by molar-refractivity contribution is 5.70. The van der Waals surface area contributed by atoms with Crippen LogP contribution in [0, 0.1) is 17.8 Å². The van der Waals surface area contributed by atoms with Crippen molar-refractivity contribution in [3.63, 3.8) is 0 Å². The summed E-state index contributed by atoms with van der Waals surface area (Å²) in [6.07, 6.45) is 8.39.